The number of halogens is 2. The molecule has 0 saturated carbocycles. The number of rotatable bonds is 4. The topological polar surface area (TPSA) is 52.3 Å². The van der Waals surface area contributed by atoms with Crippen molar-refractivity contribution in [3.63, 3.8) is 0 Å². The smallest absolute Gasteiger partial charge is 0.166 e. The monoisotopic (exact) mass is 475 g/mol. The molecule has 2 atom stereocenters. The van der Waals surface area contributed by atoms with E-state index < -0.39 is 5.82 Å². The first-order valence-corrected chi connectivity index (χ1v) is 12.3. The van der Waals surface area contributed by atoms with Crippen molar-refractivity contribution in [3.05, 3.63) is 86.5 Å². The van der Waals surface area contributed by atoms with Crippen LogP contribution in [0.15, 0.2) is 30.3 Å². The van der Waals surface area contributed by atoms with Crippen LogP contribution in [0.4, 0.5) is 8.78 Å². The SMILES string of the molecule is Cc1c(-c2c(C)c3c(c(C)c2CN)CC(C(=O)c2cccc(F)c2)[C@@H]3C)cc(F)c2c1CCCO2. The molecular formula is C30H31F2NO2. The van der Waals surface area contributed by atoms with Crippen LogP contribution in [0.1, 0.15) is 68.6 Å². The third kappa shape index (κ3) is 3.68. The van der Waals surface area contributed by atoms with E-state index in [-0.39, 0.29) is 23.4 Å². The third-order valence-electron chi connectivity index (χ3n) is 8.15. The molecule has 3 nitrogen and oxygen atoms in total. The van der Waals surface area contributed by atoms with Crippen LogP contribution >= 0.6 is 0 Å². The van der Waals surface area contributed by atoms with Gasteiger partial charge in [-0.05, 0) is 109 Å². The Morgan fingerprint density at radius 2 is 1.86 bits per heavy atom. The quantitative estimate of drug-likeness (QED) is 0.438. The predicted octanol–water partition coefficient (Wildman–Crippen LogP) is 6.50. The number of nitrogens with two attached hydrogens (primary N) is 1. The van der Waals surface area contributed by atoms with E-state index in [1.807, 2.05) is 6.92 Å². The molecule has 5 rings (SSSR count). The summed E-state index contributed by atoms with van der Waals surface area (Å²) < 4.78 is 34.7. The van der Waals surface area contributed by atoms with Gasteiger partial charge in [-0.1, -0.05) is 19.1 Å². The van der Waals surface area contributed by atoms with Gasteiger partial charge in [0.15, 0.2) is 17.3 Å². The van der Waals surface area contributed by atoms with E-state index >= 15 is 4.39 Å². The van der Waals surface area contributed by atoms with E-state index in [1.165, 1.54) is 12.1 Å². The lowest BCUT2D eigenvalue weighted by Crippen LogP contribution is -2.18. The van der Waals surface area contributed by atoms with Gasteiger partial charge >= 0.3 is 0 Å². The summed E-state index contributed by atoms with van der Waals surface area (Å²) in [5.41, 5.74) is 15.9. The van der Waals surface area contributed by atoms with Crippen molar-refractivity contribution in [1.82, 2.24) is 0 Å². The fraction of sp³-hybridized carbons (Fsp3) is 0.367. The van der Waals surface area contributed by atoms with Crippen molar-refractivity contribution in [3.8, 4) is 16.9 Å². The number of fused-ring (bicyclic) bond motifs is 2. The van der Waals surface area contributed by atoms with E-state index in [2.05, 4.69) is 20.8 Å². The molecule has 0 bridgehead atoms. The van der Waals surface area contributed by atoms with E-state index in [1.54, 1.807) is 18.2 Å². The minimum atomic E-state index is -0.409. The maximum absolute atomic E-state index is 15.2. The number of hydrogen-bond donors (Lipinski definition) is 1. The second-order valence-electron chi connectivity index (χ2n) is 9.96. The van der Waals surface area contributed by atoms with Crippen molar-refractivity contribution in [2.75, 3.05) is 6.61 Å². The van der Waals surface area contributed by atoms with Crippen molar-refractivity contribution in [2.45, 2.75) is 59.4 Å². The van der Waals surface area contributed by atoms with Gasteiger partial charge in [0.2, 0.25) is 0 Å². The van der Waals surface area contributed by atoms with Crippen molar-refractivity contribution in [1.29, 1.82) is 0 Å². The molecular weight excluding hydrogens is 444 g/mol. The fourth-order valence-electron chi connectivity index (χ4n) is 6.35. The maximum atomic E-state index is 15.2. The van der Waals surface area contributed by atoms with Crippen molar-refractivity contribution >= 4 is 5.78 Å². The highest BCUT2D eigenvalue weighted by Crippen LogP contribution is 2.48. The molecule has 2 aliphatic rings. The number of ether oxygens (including phenoxy) is 1. The zero-order valence-electron chi connectivity index (χ0n) is 20.7. The van der Waals surface area contributed by atoms with E-state index in [4.69, 9.17) is 10.5 Å². The minimum Gasteiger partial charge on any atom is -0.490 e. The molecule has 5 heteroatoms. The second-order valence-corrected chi connectivity index (χ2v) is 9.96. The van der Waals surface area contributed by atoms with Gasteiger partial charge in [0.05, 0.1) is 6.61 Å². The summed E-state index contributed by atoms with van der Waals surface area (Å²) in [5, 5.41) is 0. The molecule has 3 aromatic carbocycles. The lowest BCUT2D eigenvalue weighted by molar-refractivity contribution is 0.0911. The van der Waals surface area contributed by atoms with Crippen LogP contribution in [-0.4, -0.2) is 12.4 Å². The molecule has 2 N–H and O–H groups in total. The number of benzene rings is 3. The predicted molar refractivity (Wildman–Crippen MR) is 134 cm³/mol. The van der Waals surface area contributed by atoms with Crippen LogP contribution in [0.3, 0.4) is 0 Å². The normalized spacial score (nSPS) is 18.7. The standard InChI is InChI=1S/C30H31F2NO2/c1-15-21-9-6-10-35-30(21)26(32)13-23(15)28-18(4)27-17(3)24(12-22(27)16(2)25(28)14-33)29(34)19-7-5-8-20(31)11-19/h5,7-8,11,13,17,24H,6,9-10,12,14,33H2,1-4H3/t17-,24?/m0/s1. The number of carbonyl (C=O) groups is 1. The molecule has 0 aromatic heterocycles. The first-order valence-electron chi connectivity index (χ1n) is 12.3. The first kappa shape index (κ1) is 23.7. The number of ketones is 1. The van der Waals surface area contributed by atoms with Crippen LogP contribution in [-0.2, 0) is 19.4 Å². The molecule has 1 aliphatic carbocycles. The molecule has 0 saturated heterocycles. The molecule has 0 amide bonds. The van der Waals surface area contributed by atoms with E-state index in [0.717, 1.165) is 62.9 Å². The van der Waals surface area contributed by atoms with Gasteiger partial charge in [-0.2, -0.15) is 0 Å². The Hall–Kier alpha value is -3.05. The lowest BCUT2D eigenvalue weighted by atomic mass is 9.80. The molecule has 3 aromatic rings. The molecule has 0 radical (unpaired) electrons. The Kier molecular flexibility index (Phi) is 6.00. The Morgan fingerprint density at radius 1 is 1.09 bits per heavy atom. The Balaban J connectivity index is 1.67. The van der Waals surface area contributed by atoms with Crippen LogP contribution in [0.25, 0.3) is 11.1 Å². The van der Waals surface area contributed by atoms with Gasteiger partial charge in [0.1, 0.15) is 5.82 Å². The second kappa shape index (κ2) is 8.87. The first-order chi connectivity index (χ1) is 16.7. The third-order valence-corrected chi connectivity index (χ3v) is 8.15. The number of hydrogen-bond acceptors (Lipinski definition) is 3. The zero-order chi connectivity index (χ0) is 25.0. The summed E-state index contributed by atoms with van der Waals surface area (Å²) in [6.45, 7) is 9.07. The summed E-state index contributed by atoms with van der Waals surface area (Å²) in [5.74, 6) is -0.746. The highest BCUT2D eigenvalue weighted by molar-refractivity contribution is 5.99. The summed E-state index contributed by atoms with van der Waals surface area (Å²) in [7, 11) is 0. The average Bonchev–Trinajstić information content (AvgIpc) is 3.21. The fourth-order valence-corrected chi connectivity index (χ4v) is 6.35. The number of carbonyl (C=O) groups excluding carboxylic acids is 1. The summed E-state index contributed by atoms with van der Waals surface area (Å²) in [6.07, 6.45) is 2.24. The van der Waals surface area contributed by atoms with Crippen molar-refractivity contribution in [2.24, 2.45) is 11.7 Å². The molecule has 182 valence electrons. The van der Waals surface area contributed by atoms with Gasteiger partial charge in [-0.15, -0.1) is 0 Å². The average molecular weight is 476 g/mol. The van der Waals surface area contributed by atoms with Gasteiger partial charge in [0, 0.05) is 23.6 Å². The number of Topliss-reactive ketones (excluding diaryl/α,β-unsaturated/α-hetero) is 1. The minimum absolute atomic E-state index is 0.0452. The largest absolute Gasteiger partial charge is 0.490 e. The Bertz CT molecular complexity index is 1360. The van der Waals surface area contributed by atoms with Gasteiger partial charge in [0.25, 0.3) is 0 Å². The Morgan fingerprint density at radius 3 is 2.57 bits per heavy atom. The van der Waals surface area contributed by atoms with Crippen LogP contribution in [0, 0.1) is 38.3 Å². The van der Waals surface area contributed by atoms with Crippen LogP contribution < -0.4 is 10.5 Å². The van der Waals surface area contributed by atoms with Gasteiger partial charge < -0.3 is 10.5 Å². The van der Waals surface area contributed by atoms with Crippen LogP contribution in [0.5, 0.6) is 5.75 Å². The summed E-state index contributed by atoms with van der Waals surface area (Å²) in [6, 6.07) is 7.51. The van der Waals surface area contributed by atoms with Crippen LogP contribution in [0.2, 0.25) is 0 Å². The van der Waals surface area contributed by atoms with Crippen molar-refractivity contribution < 1.29 is 18.3 Å². The van der Waals surface area contributed by atoms with Gasteiger partial charge in [-0.25, -0.2) is 8.78 Å². The Labute approximate surface area is 205 Å². The molecule has 0 fully saturated rings. The molecule has 1 unspecified atom stereocenters. The zero-order valence-corrected chi connectivity index (χ0v) is 20.7. The van der Waals surface area contributed by atoms with E-state index in [9.17, 15) is 9.18 Å². The maximum Gasteiger partial charge on any atom is 0.166 e. The highest BCUT2D eigenvalue weighted by atomic mass is 19.1. The molecule has 35 heavy (non-hydrogen) atoms. The highest BCUT2D eigenvalue weighted by Gasteiger charge is 2.38. The lowest BCUT2D eigenvalue weighted by Gasteiger charge is -2.26. The molecule has 0 spiro atoms. The van der Waals surface area contributed by atoms with Gasteiger partial charge in [-0.3, -0.25) is 4.79 Å². The van der Waals surface area contributed by atoms with E-state index in [0.29, 0.717) is 30.9 Å². The summed E-state index contributed by atoms with van der Waals surface area (Å²) in [4.78, 5) is 13.4. The summed E-state index contributed by atoms with van der Waals surface area (Å²) >= 11 is 0. The molecule has 1 heterocycles. The molecule has 1 aliphatic heterocycles.